The summed E-state index contributed by atoms with van der Waals surface area (Å²) in [7, 11) is 1.28. The van der Waals surface area contributed by atoms with Crippen molar-refractivity contribution >= 4 is 17.5 Å². The molecular weight excluding hydrogens is 440 g/mol. The lowest BCUT2D eigenvalue weighted by Gasteiger charge is -2.10. The highest BCUT2D eigenvalue weighted by Crippen LogP contribution is 2.30. The van der Waals surface area contributed by atoms with Crippen LogP contribution in [0, 0.1) is 17.0 Å². The number of nitro benzene ring substituents is 1. The molecule has 0 spiro atoms. The van der Waals surface area contributed by atoms with Gasteiger partial charge in [-0.1, -0.05) is 0 Å². The van der Waals surface area contributed by atoms with Gasteiger partial charge in [0.15, 0.2) is 17.3 Å². The van der Waals surface area contributed by atoms with Crippen LogP contribution >= 0.6 is 0 Å². The largest absolute Gasteiger partial charge is 0.493 e. The number of alkyl halides is 2. The number of allylic oxidation sites excluding steroid dienone is 1. The second-order valence-corrected chi connectivity index (χ2v) is 6.74. The minimum atomic E-state index is -3.01. The highest BCUT2D eigenvalue weighted by atomic mass is 19.3. The van der Waals surface area contributed by atoms with Crippen LogP contribution in [0.3, 0.4) is 0 Å². The lowest BCUT2D eigenvalue weighted by atomic mass is 10.1. The van der Waals surface area contributed by atoms with Gasteiger partial charge in [0.2, 0.25) is 0 Å². The summed E-state index contributed by atoms with van der Waals surface area (Å²) in [4.78, 5) is 22.8. The number of hydrogen-bond acceptors (Lipinski definition) is 7. The Balaban J connectivity index is 1.62. The van der Waals surface area contributed by atoms with Crippen molar-refractivity contribution in [2.75, 3.05) is 7.11 Å². The second kappa shape index (κ2) is 10.4. The summed E-state index contributed by atoms with van der Waals surface area (Å²) >= 11 is 0. The third-order valence-corrected chi connectivity index (χ3v) is 4.49. The van der Waals surface area contributed by atoms with Gasteiger partial charge in [-0.3, -0.25) is 14.9 Å². The maximum absolute atomic E-state index is 12.4. The van der Waals surface area contributed by atoms with Crippen LogP contribution < -0.4 is 14.2 Å². The highest BCUT2D eigenvalue weighted by molar-refractivity contribution is 6.07. The predicted octanol–water partition coefficient (Wildman–Crippen LogP) is 5.58. The molecule has 0 aliphatic rings. The van der Waals surface area contributed by atoms with Crippen LogP contribution in [0.1, 0.15) is 27.4 Å². The van der Waals surface area contributed by atoms with Crippen molar-refractivity contribution in [3.05, 3.63) is 87.4 Å². The molecule has 0 saturated carbocycles. The number of aryl methyl sites for hydroxylation is 1. The van der Waals surface area contributed by atoms with E-state index in [2.05, 4.69) is 4.74 Å². The first-order chi connectivity index (χ1) is 15.8. The molecule has 1 aromatic heterocycles. The average molecular weight is 459 g/mol. The van der Waals surface area contributed by atoms with E-state index in [-0.39, 0.29) is 29.4 Å². The predicted molar refractivity (Wildman–Crippen MR) is 114 cm³/mol. The lowest BCUT2D eigenvalue weighted by Crippen LogP contribution is -2.04. The Bertz CT molecular complexity index is 1190. The normalized spacial score (nSPS) is 11.1. The zero-order valence-corrected chi connectivity index (χ0v) is 17.6. The topological polar surface area (TPSA) is 101 Å². The Labute approximate surface area is 187 Å². The molecule has 0 radical (unpaired) electrons. The van der Waals surface area contributed by atoms with Gasteiger partial charge in [0.05, 0.1) is 12.0 Å². The summed E-state index contributed by atoms with van der Waals surface area (Å²) in [6.45, 7) is -1.31. The van der Waals surface area contributed by atoms with Gasteiger partial charge < -0.3 is 18.6 Å². The van der Waals surface area contributed by atoms with E-state index < -0.39 is 17.3 Å². The fourth-order valence-corrected chi connectivity index (χ4v) is 2.91. The molecule has 0 atom stereocenters. The molecule has 0 aliphatic carbocycles. The van der Waals surface area contributed by atoms with E-state index in [1.807, 2.05) is 0 Å². The highest BCUT2D eigenvalue weighted by Gasteiger charge is 2.14. The van der Waals surface area contributed by atoms with Gasteiger partial charge in [-0.2, -0.15) is 8.78 Å². The third-order valence-electron chi connectivity index (χ3n) is 4.49. The van der Waals surface area contributed by atoms with Crippen molar-refractivity contribution in [2.24, 2.45) is 0 Å². The number of ketones is 1. The number of hydrogen-bond donors (Lipinski definition) is 0. The number of halogens is 2. The van der Waals surface area contributed by atoms with E-state index in [9.17, 15) is 23.7 Å². The smallest absolute Gasteiger partial charge is 0.387 e. The Morgan fingerprint density at radius 2 is 1.94 bits per heavy atom. The second-order valence-electron chi connectivity index (χ2n) is 6.74. The zero-order valence-electron chi connectivity index (χ0n) is 17.6. The molecular formula is C23H19F2NO7. The number of methoxy groups -OCH3 is 1. The lowest BCUT2D eigenvalue weighted by molar-refractivity contribution is -0.385. The molecule has 3 aromatic rings. The van der Waals surface area contributed by atoms with Crippen LogP contribution in [0.25, 0.3) is 6.08 Å². The van der Waals surface area contributed by atoms with E-state index in [4.69, 9.17) is 13.9 Å². The summed E-state index contributed by atoms with van der Waals surface area (Å²) in [6, 6.07) is 11.6. The van der Waals surface area contributed by atoms with Crippen LogP contribution in [-0.4, -0.2) is 24.4 Å². The Morgan fingerprint density at radius 1 is 1.15 bits per heavy atom. The maximum Gasteiger partial charge on any atom is 0.387 e. The van der Waals surface area contributed by atoms with E-state index in [1.165, 1.54) is 49.6 Å². The minimum Gasteiger partial charge on any atom is -0.493 e. The van der Waals surface area contributed by atoms with Crippen molar-refractivity contribution in [3.8, 4) is 17.2 Å². The molecule has 8 nitrogen and oxygen atoms in total. The molecule has 33 heavy (non-hydrogen) atoms. The summed E-state index contributed by atoms with van der Waals surface area (Å²) in [5, 5.41) is 10.9. The van der Waals surface area contributed by atoms with Gasteiger partial charge in [-0.15, -0.1) is 0 Å². The quantitative estimate of drug-likeness (QED) is 0.169. The molecule has 0 saturated heterocycles. The number of carbonyl (C=O) groups is 1. The van der Waals surface area contributed by atoms with E-state index in [0.29, 0.717) is 22.8 Å². The molecule has 172 valence electrons. The standard InChI is InChI=1S/C23H19F2NO7/c1-14-11-17(6-8-19(14)26(28)29)31-13-18-5-4-16(32-18)7-9-20(27)15-3-10-21(33-23(24)25)22(12-15)30-2/h3-12,23H,13H2,1-2H3/b9-7+. The Hall–Kier alpha value is -4.21. The fraction of sp³-hybridized carbons (Fsp3) is 0.174. The summed E-state index contributed by atoms with van der Waals surface area (Å²) in [5.41, 5.74) is 0.698. The van der Waals surface area contributed by atoms with Gasteiger partial charge in [0.1, 0.15) is 23.9 Å². The Morgan fingerprint density at radius 3 is 2.61 bits per heavy atom. The molecule has 10 heteroatoms. The van der Waals surface area contributed by atoms with Gasteiger partial charge in [0.25, 0.3) is 5.69 Å². The van der Waals surface area contributed by atoms with Crippen LogP contribution in [0.5, 0.6) is 17.2 Å². The summed E-state index contributed by atoms with van der Waals surface area (Å²) < 4.78 is 45.4. The number of furan rings is 1. The summed E-state index contributed by atoms with van der Waals surface area (Å²) in [5.74, 6) is 0.766. The number of carbonyl (C=O) groups excluding carboxylic acids is 1. The molecule has 1 heterocycles. The van der Waals surface area contributed by atoms with Crippen molar-refractivity contribution in [2.45, 2.75) is 20.1 Å². The molecule has 3 rings (SSSR count). The van der Waals surface area contributed by atoms with Crippen molar-refractivity contribution in [3.63, 3.8) is 0 Å². The van der Waals surface area contributed by atoms with Gasteiger partial charge >= 0.3 is 6.61 Å². The van der Waals surface area contributed by atoms with Crippen molar-refractivity contribution < 1.29 is 37.1 Å². The molecule has 0 N–H and O–H groups in total. The third kappa shape index (κ3) is 6.16. The van der Waals surface area contributed by atoms with E-state index in [0.717, 1.165) is 0 Å². The van der Waals surface area contributed by atoms with Gasteiger partial charge in [-0.05, 0) is 61.5 Å². The maximum atomic E-state index is 12.4. The van der Waals surface area contributed by atoms with Crippen molar-refractivity contribution in [1.82, 2.24) is 0 Å². The van der Waals surface area contributed by atoms with Crippen LogP contribution in [-0.2, 0) is 6.61 Å². The Kier molecular flexibility index (Phi) is 7.39. The molecule has 0 amide bonds. The molecule has 2 aromatic carbocycles. The van der Waals surface area contributed by atoms with E-state index >= 15 is 0 Å². The van der Waals surface area contributed by atoms with Crippen LogP contribution in [0.15, 0.2) is 59.0 Å². The molecule has 0 bridgehead atoms. The first kappa shape index (κ1) is 23.5. The molecule has 0 fully saturated rings. The zero-order chi connectivity index (χ0) is 24.0. The van der Waals surface area contributed by atoms with Crippen LogP contribution in [0.2, 0.25) is 0 Å². The minimum absolute atomic E-state index is 0.00578. The fourth-order valence-electron chi connectivity index (χ4n) is 2.91. The first-order valence-electron chi connectivity index (χ1n) is 9.58. The molecule has 0 unspecified atom stereocenters. The van der Waals surface area contributed by atoms with Gasteiger partial charge in [-0.25, -0.2) is 0 Å². The number of benzene rings is 2. The number of nitrogens with zero attached hydrogens (tertiary/aromatic N) is 1. The summed E-state index contributed by atoms with van der Waals surface area (Å²) in [6.07, 6.45) is 2.73. The van der Waals surface area contributed by atoms with Crippen molar-refractivity contribution in [1.29, 1.82) is 0 Å². The monoisotopic (exact) mass is 459 g/mol. The number of ether oxygens (including phenoxy) is 3. The number of nitro groups is 1. The van der Waals surface area contributed by atoms with Crippen LogP contribution in [0.4, 0.5) is 14.5 Å². The average Bonchev–Trinajstić information content (AvgIpc) is 3.23. The first-order valence-corrected chi connectivity index (χ1v) is 9.58. The SMILES string of the molecule is COc1cc(C(=O)/C=C/c2ccc(COc3ccc([N+](=O)[O-])c(C)c3)o2)ccc1OC(F)F. The van der Waals surface area contributed by atoms with Gasteiger partial charge in [0, 0.05) is 17.2 Å². The molecule has 0 aliphatic heterocycles. The van der Waals surface area contributed by atoms with E-state index in [1.54, 1.807) is 25.1 Å². The number of rotatable bonds is 10.